The Morgan fingerprint density at radius 2 is 2.19 bits per heavy atom. The summed E-state index contributed by atoms with van der Waals surface area (Å²) < 4.78 is 5.55. The maximum absolute atomic E-state index is 13.1. The molecule has 0 aromatic carbocycles. The molecule has 2 aliphatic rings. The standard InChI is InChI=1S/C21H27NO3S2/c1-5-26-10-8-25-20(24)17-13(2)22-14-11-21(3,4)12-15(23)18(14)19(17)16-7-6-9-27-16/h6-7,9,19,22H,5,8,10-12H2,1-4H3/t19-/m0/s1. The average molecular weight is 406 g/mol. The quantitative estimate of drug-likeness (QED) is 0.551. The minimum absolute atomic E-state index is 0.0708. The minimum Gasteiger partial charge on any atom is -0.461 e. The van der Waals surface area contributed by atoms with Crippen LogP contribution in [-0.2, 0) is 14.3 Å². The van der Waals surface area contributed by atoms with Crippen molar-refractivity contribution < 1.29 is 14.3 Å². The molecule has 2 heterocycles. The zero-order valence-electron chi connectivity index (χ0n) is 16.4. The molecule has 146 valence electrons. The van der Waals surface area contributed by atoms with E-state index in [1.165, 1.54) is 0 Å². The van der Waals surface area contributed by atoms with Gasteiger partial charge < -0.3 is 10.1 Å². The van der Waals surface area contributed by atoms with Crippen molar-refractivity contribution in [2.24, 2.45) is 5.41 Å². The number of hydrogen-bond donors (Lipinski definition) is 1. The van der Waals surface area contributed by atoms with E-state index in [2.05, 4.69) is 26.1 Å². The monoisotopic (exact) mass is 405 g/mol. The van der Waals surface area contributed by atoms with Gasteiger partial charge in [0.15, 0.2) is 5.78 Å². The molecule has 1 aromatic rings. The molecule has 1 aliphatic carbocycles. The number of carbonyl (C=O) groups excluding carboxylic acids is 2. The summed E-state index contributed by atoms with van der Waals surface area (Å²) >= 11 is 3.33. The molecule has 4 nitrogen and oxygen atoms in total. The van der Waals surface area contributed by atoms with Crippen molar-refractivity contribution in [1.29, 1.82) is 0 Å². The number of dihydropyridines is 1. The van der Waals surface area contributed by atoms with Crippen LogP contribution < -0.4 is 5.32 Å². The molecular weight excluding hydrogens is 378 g/mol. The lowest BCUT2D eigenvalue weighted by Gasteiger charge is -2.39. The van der Waals surface area contributed by atoms with Crippen molar-refractivity contribution in [3.8, 4) is 0 Å². The lowest BCUT2D eigenvalue weighted by Crippen LogP contribution is -2.38. The summed E-state index contributed by atoms with van der Waals surface area (Å²) in [5.74, 6) is 1.27. The van der Waals surface area contributed by atoms with Crippen molar-refractivity contribution in [1.82, 2.24) is 5.32 Å². The summed E-state index contributed by atoms with van der Waals surface area (Å²) in [6.07, 6.45) is 1.31. The van der Waals surface area contributed by atoms with Crippen molar-refractivity contribution in [3.63, 3.8) is 0 Å². The number of thiophene rings is 1. The molecule has 0 unspecified atom stereocenters. The van der Waals surface area contributed by atoms with Crippen molar-refractivity contribution in [3.05, 3.63) is 44.9 Å². The Bertz CT molecular complexity index is 790. The summed E-state index contributed by atoms with van der Waals surface area (Å²) in [6, 6.07) is 3.97. The second kappa shape index (κ2) is 8.23. The van der Waals surface area contributed by atoms with E-state index in [1.54, 1.807) is 23.1 Å². The number of Topliss-reactive ketones (excluding diaryl/α,β-unsaturated/α-hetero) is 1. The number of ether oxygens (including phenoxy) is 1. The van der Waals surface area contributed by atoms with Crippen LogP contribution in [0.3, 0.4) is 0 Å². The Morgan fingerprint density at radius 1 is 1.41 bits per heavy atom. The Balaban J connectivity index is 1.96. The van der Waals surface area contributed by atoms with Gasteiger partial charge in [0, 0.05) is 34.0 Å². The minimum atomic E-state index is -0.323. The van der Waals surface area contributed by atoms with E-state index in [0.29, 0.717) is 18.6 Å². The SMILES string of the molecule is CCSCCOC(=O)C1=C(C)NC2=C(C(=O)CC(C)(C)C2)[C@H]1c1cccs1. The Morgan fingerprint density at radius 3 is 2.85 bits per heavy atom. The van der Waals surface area contributed by atoms with Crippen LogP contribution in [0, 0.1) is 5.41 Å². The number of rotatable bonds is 6. The molecule has 0 bridgehead atoms. The number of thioether (sulfide) groups is 1. The molecule has 0 fully saturated rings. The molecule has 6 heteroatoms. The van der Waals surface area contributed by atoms with Crippen LogP contribution in [0.15, 0.2) is 40.1 Å². The zero-order chi connectivity index (χ0) is 19.6. The molecule has 0 radical (unpaired) electrons. The van der Waals surface area contributed by atoms with Crippen LogP contribution in [0.5, 0.6) is 0 Å². The predicted octanol–water partition coefficient (Wildman–Crippen LogP) is 4.65. The zero-order valence-corrected chi connectivity index (χ0v) is 18.0. The van der Waals surface area contributed by atoms with Gasteiger partial charge in [-0.1, -0.05) is 26.8 Å². The molecule has 3 rings (SSSR count). The molecule has 0 saturated heterocycles. The highest BCUT2D eigenvalue weighted by atomic mass is 32.2. The Hall–Kier alpha value is -1.53. The molecule has 1 aliphatic heterocycles. The van der Waals surface area contributed by atoms with E-state index < -0.39 is 0 Å². The summed E-state index contributed by atoms with van der Waals surface area (Å²) in [4.78, 5) is 27.0. The number of allylic oxidation sites excluding steroid dienone is 3. The molecule has 0 saturated carbocycles. The van der Waals surface area contributed by atoms with E-state index in [-0.39, 0.29) is 23.1 Å². The van der Waals surface area contributed by atoms with Gasteiger partial charge in [-0.25, -0.2) is 4.79 Å². The second-order valence-corrected chi connectivity index (χ2v) is 10.2. The summed E-state index contributed by atoms with van der Waals surface area (Å²) in [7, 11) is 0. The van der Waals surface area contributed by atoms with Crippen LogP contribution in [-0.4, -0.2) is 29.9 Å². The van der Waals surface area contributed by atoms with Gasteiger partial charge in [0.25, 0.3) is 0 Å². The van der Waals surface area contributed by atoms with E-state index >= 15 is 0 Å². The molecular formula is C21H27NO3S2. The van der Waals surface area contributed by atoms with Gasteiger partial charge in [-0.3, -0.25) is 4.79 Å². The van der Waals surface area contributed by atoms with Gasteiger partial charge in [0.05, 0.1) is 11.5 Å². The molecule has 1 N–H and O–H groups in total. The molecule has 0 spiro atoms. The van der Waals surface area contributed by atoms with Crippen molar-refractivity contribution in [2.45, 2.75) is 46.5 Å². The number of carbonyl (C=O) groups is 2. The lowest BCUT2D eigenvalue weighted by molar-refractivity contribution is -0.138. The normalized spacial score (nSPS) is 21.8. The fourth-order valence-corrected chi connectivity index (χ4v) is 5.20. The van der Waals surface area contributed by atoms with Crippen LogP contribution in [0.1, 0.15) is 51.3 Å². The second-order valence-electron chi connectivity index (χ2n) is 7.78. The van der Waals surface area contributed by atoms with Gasteiger partial charge in [-0.05, 0) is 36.0 Å². The van der Waals surface area contributed by atoms with E-state index in [9.17, 15) is 9.59 Å². The molecule has 0 amide bonds. The maximum atomic E-state index is 13.1. The first-order chi connectivity index (χ1) is 12.8. The third-order valence-corrected chi connectivity index (χ3v) is 6.75. The van der Waals surface area contributed by atoms with Crippen LogP contribution >= 0.6 is 23.1 Å². The molecule has 27 heavy (non-hydrogen) atoms. The van der Waals surface area contributed by atoms with Crippen LogP contribution in [0.2, 0.25) is 0 Å². The van der Waals surface area contributed by atoms with E-state index in [0.717, 1.165) is 39.8 Å². The van der Waals surface area contributed by atoms with Gasteiger partial charge in [-0.15, -0.1) is 11.3 Å². The summed E-state index contributed by atoms with van der Waals surface area (Å²) in [5, 5.41) is 5.36. The number of hydrogen-bond acceptors (Lipinski definition) is 6. The average Bonchev–Trinajstić information content (AvgIpc) is 3.10. The molecule has 1 aromatic heterocycles. The fraction of sp³-hybridized carbons (Fsp3) is 0.524. The van der Waals surface area contributed by atoms with Crippen molar-refractivity contribution in [2.75, 3.05) is 18.1 Å². The third kappa shape index (κ3) is 4.32. The highest BCUT2D eigenvalue weighted by Crippen LogP contribution is 2.47. The van der Waals surface area contributed by atoms with E-state index in [4.69, 9.17) is 4.74 Å². The molecule has 1 atom stereocenters. The Kier molecular flexibility index (Phi) is 6.16. The highest BCUT2D eigenvalue weighted by molar-refractivity contribution is 7.99. The smallest absolute Gasteiger partial charge is 0.336 e. The van der Waals surface area contributed by atoms with Gasteiger partial charge in [-0.2, -0.15) is 11.8 Å². The van der Waals surface area contributed by atoms with Gasteiger partial charge in [0.2, 0.25) is 0 Å². The predicted molar refractivity (Wildman–Crippen MR) is 112 cm³/mol. The highest BCUT2D eigenvalue weighted by Gasteiger charge is 2.43. The lowest BCUT2D eigenvalue weighted by atomic mass is 9.70. The van der Waals surface area contributed by atoms with E-state index in [1.807, 2.05) is 24.4 Å². The van der Waals surface area contributed by atoms with Crippen LogP contribution in [0.4, 0.5) is 0 Å². The third-order valence-electron chi connectivity index (χ3n) is 4.95. The first-order valence-electron chi connectivity index (χ1n) is 9.36. The number of esters is 1. The Labute approximate surface area is 169 Å². The topological polar surface area (TPSA) is 55.4 Å². The summed E-state index contributed by atoms with van der Waals surface area (Å²) in [6.45, 7) is 8.61. The maximum Gasteiger partial charge on any atom is 0.336 e. The first kappa shape index (κ1) is 20.2. The first-order valence-corrected chi connectivity index (χ1v) is 11.4. The van der Waals surface area contributed by atoms with Gasteiger partial charge >= 0.3 is 5.97 Å². The summed E-state index contributed by atoms with van der Waals surface area (Å²) in [5.41, 5.74) is 3.01. The largest absolute Gasteiger partial charge is 0.461 e. The van der Waals surface area contributed by atoms with Gasteiger partial charge in [0.1, 0.15) is 6.61 Å². The fourth-order valence-electron chi connectivity index (χ4n) is 3.86. The van der Waals surface area contributed by atoms with Crippen LogP contribution in [0.25, 0.3) is 0 Å². The number of nitrogens with one attached hydrogen (secondary N) is 1. The number of ketones is 1. The van der Waals surface area contributed by atoms with Crippen molar-refractivity contribution >= 4 is 34.9 Å².